The average Bonchev–Trinajstić information content (AvgIpc) is 2.91. The Bertz CT molecular complexity index is 867. The molecule has 0 radical (unpaired) electrons. The van der Waals surface area contributed by atoms with Crippen LogP contribution in [0.15, 0.2) is 54.6 Å². The van der Waals surface area contributed by atoms with Crippen LogP contribution in [0.5, 0.6) is 5.88 Å². The molecule has 0 atom stereocenters. The summed E-state index contributed by atoms with van der Waals surface area (Å²) in [7, 11) is 0. The Balaban J connectivity index is 1.80. The second-order valence-corrected chi connectivity index (χ2v) is 5.24. The Morgan fingerprint density at radius 3 is 2.46 bits per heavy atom. The number of anilines is 1. The molecule has 5 nitrogen and oxygen atoms in total. The zero-order valence-electron chi connectivity index (χ0n) is 12.8. The van der Waals surface area contributed by atoms with Crippen molar-refractivity contribution in [2.24, 2.45) is 0 Å². The number of rotatable bonds is 5. The molecule has 1 aromatic heterocycles. The van der Waals surface area contributed by atoms with Crippen molar-refractivity contribution in [1.82, 2.24) is 9.78 Å². The number of ether oxygens (including phenoxy) is 1. The third-order valence-corrected chi connectivity index (χ3v) is 3.54. The summed E-state index contributed by atoms with van der Waals surface area (Å²) in [6.07, 6.45) is 0. The zero-order valence-corrected chi connectivity index (χ0v) is 12.8. The molecule has 0 aliphatic heterocycles. The molecule has 2 aromatic carbocycles. The number of benzene rings is 2. The van der Waals surface area contributed by atoms with Crippen molar-refractivity contribution in [3.05, 3.63) is 77.1 Å². The van der Waals surface area contributed by atoms with Crippen LogP contribution < -0.4 is 10.5 Å². The first-order valence-electron chi connectivity index (χ1n) is 7.35. The minimum atomic E-state index is -0.309. The van der Waals surface area contributed by atoms with Crippen LogP contribution in [0.2, 0.25) is 0 Å². The summed E-state index contributed by atoms with van der Waals surface area (Å²) in [6.45, 7) is 0.623. The number of nitrogens with two attached hydrogens (primary N) is 1. The van der Waals surface area contributed by atoms with Gasteiger partial charge in [-0.3, -0.25) is 0 Å². The second-order valence-electron chi connectivity index (χ2n) is 5.24. The van der Waals surface area contributed by atoms with Crippen molar-refractivity contribution < 1.29 is 9.13 Å². The minimum Gasteiger partial charge on any atom is -0.471 e. The molecule has 0 unspecified atom stereocenters. The minimum absolute atomic E-state index is 0.195. The highest BCUT2D eigenvalue weighted by atomic mass is 19.1. The first-order valence-corrected chi connectivity index (χ1v) is 7.35. The van der Waals surface area contributed by atoms with E-state index in [2.05, 4.69) is 5.10 Å². The lowest BCUT2D eigenvalue weighted by molar-refractivity contribution is 0.289. The van der Waals surface area contributed by atoms with Gasteiger partial charge in [0.1, 0.15) is 24.3 Å². The molecule has 1 heterocycles. The maximum absolute atomic E-state index is 13.0. The molecule has 0 spiro atoms. The summed E-state index contributed by atoms with van der Waals surface area (Å²) in [5, 5.41) is 13.6. The van der Waals surface area contributed by atoms with Crippen LogP contribution in [0.25, 0.3) is 0 Å². The Kier molecular flexibility index (Phi) is 4.43. The maximum atomic E-state index is 13.0. The summed E-state index contributed by atoms with van der Waals surface area (Å²) in [5.41, 5.74) is 7.98. The van der Waals surface area contributed by atoms with Gasteiger partial charge in [0.25, 0.3) is 5.88 Å². The van der Waals surface area contributed by atoms with Crippen LogP contribution in [-0.2, 0) is 13.2 Å². The molecular weight excluding hydrogens is 307 g/mol. The Labute approximate surface area is 138 Å². The largest absolute Gasteiger partial charge is 0.471 e. The molecule has 2 N–H and O–H groups in total. The van der Waals surface area contributed by atoms with Crippen molar-refractivity contribution in [3.63, 3.8) is 0 Å². The molecule has 3 aromatic rings. The highest BCUT2D eigenvalue weighted by molar-refractivity contribution is 5.55. The molecule has 3 rings (SSSR count). The Hall–Kier alpha value is -3.33. The third kappa shape index (κ3) is 3.36. The number of halogens is 1. The summed E-state index contributed by atoms with van der Waals surface area (Å²) < 4.78 is 20.1. The van der Waals surface area contributed by atoms with Gasteiger partial charge in [-0.05, 0) is 23.3 Å². The first-order chi connectivity index (χ1) is 11.7. The average molecular weight is 322 g/mol. The van der Waals surface area contributed by atoms with E-state index in [-0.39, 0.29) is 23.1 Å². The smallest absolute Gasteiger partial charge is 0.253 e. The van der Waals surface area contributed by atoms with Gasteiger partial charge < -0.3 is 10.5 Å². The van der Waals surface area contributed by atoms with Crippen molar-refractivity contribution in [3.8, 4) is 11.9 Å². The highest BCUT2D eigenvalue weighted by Gasteiger charge is 2.17. The fourth-order valence-corrected chi connectivity index (χ4v) is 2.27. The predicted molar refractivity (Wildman–Crippen MR) is 87.6 cm³/mol. The van der Waals surface area contributed by atoms with Crippen LogP contribution in [-0.4, -0.2) is 9.78 Å². The van der Waals surface area contributed by atoms with Gasteiger partial charge in [-0.2, -0.15) is 5.26 Å². The zero-order chi connectivity index (χ0) is 16.9. The summed E-state index contributed by atoms with van der Waals surface area (Å²) >= 11 is 0. The first kappa shape index (κ1) is 15.6. The lowest BCUT2D eigenvalue weighted by Crippen LogP contribution is -2.06. The lowest BCUT2D eigenvalue weighted by atomic mass is 10.2. The molecule has 0 fully saturated rings. The van der Waals surface area contributed by atoms with E-state index < -0.39 is 0 Å². The van der Waals surface area contributed by atoms with Crippen molar-refractivity contribution in [2.45, 2.75) is 13.2 Å². The van der Waals surface area contributed by atoms with Crippen molar-refractivity contribution in [2.75, 3.05) is 5.73 Å². The molecule has 0 aliphatic rings. The molecular formula is C18H15FN4O. The third-order valence-electron chi connectivity index (χ3n) is 3.54. The molecule has 0 saturated heterocycles. The van der Waals surface area contributed by atoms with E-state index in [0.717, 1.165) is 11.1 Å². The van der Waals surface area contributed by atoms with E-state index in [1.807, 2.05) is 36.4 Å². The molecule has 0 bridgehead atoms. The van der Waals surface area contributed by atoms with E-state index in [1.165, 1.54) is 16.8 Å². The topological polar surface area (TPSA) is 76.9 Å². The quantitative estimate of drug-likeness (QED) is 0.783. The number of nitriles is 1. The lowest BCUT2D eigenvalue weighted by Gasteiger charge is -2.04. The van der Waals surface area contributed by atoms with Crippen LogP contribution in [0, 0.1) is 17.1 Å². The van der Waals surface area contributed by atoms with E-state index in [4.69, 9.17) is 10.5 Å². The second kappa shape index (κ2) is 6.84. The van der Waals surface area contributed by atoms with Gasteiger partial charge in [-0.25, -0.2) is 9.07 Å². The molecule has 120 valence electrons. The SMILES string of the molecule is N#Cc1c(OCc2ccccc2)nn(Cc2ccc(F)cc2)c1N. The van der Waals surface area contributed by atoms with Crippen LogP contribution in [0.4, 0.5) is 10.2 Å². The van der Waals surface area contributed by atoms with Crippen LogP contribution in [0.3, 0.4) is 0 Å². The molecule has 0 saturated carbocycles. The van der Waals surface area contributed by atoms with Gasteiger partial charge in [0.05, 0.1) is 6.54 Å². The molecule has 24 heavy (non-hydrogen) atoms. The fraction of sp³-hybridized carbons (Fsp3) is 0.111. The molecule has 0 amide bonds. The number of nitrogens with zero attached hydrogens (tertiary/aromatic N) is 3. The predicted octanol–water partition coefficient (Wildman–Crippen LogP) is 3.10. The van der Waals surface area contributed by atoms with Gasteiger partial charge in [0, 0.05) is 0 Å². The number of hydrogen-bond donors (Lipinski definition) is 1. The van der Waals surface area contributed by atoms with E-state index in [1.54, 1.807) is 12.1 Å². The maximum Gasteiger partial charge on any atom is 0.253 e. The molecule has 0 aliphatic carbocycles. The highest BCUT2D eigenvalue weighted by Crippen LogP contribution is 2.24. The number of aromatic nitrogens is 2. The number of hydrogen-bond acceptors (Lipinski definition) is 4. The van der Waals surface area contributed by atoms with E-state index >= 15 is 0 Å². The Morgan fingerprint density at radius 2 is 1.79 bits per heavy atom. The Morgan fingerprint density at radius 1 is 1.08 bits per heavy atom. The van der Waals surface area contributed by atoms with Crippen LogP contribution >= 0.6 is 0 Å². The van der Waals surface area contributed by atoms with Gasteiger partial charge >= 0.3 is 0 Å². The fourth-order valence-electron chi connectivity index (χ4n) is 2.27. The van der Waals surface area contributed by atoms with Crippen molar-refractivity contribution >= 4 is 5.82 Å². The van der Waals surface area contributed by atoms with Gasteiger partial charge in [-0.1, -0.05) is 42.5 Å². The van der Waals surface area contributed by atoms with Crippen LogP contribution in [0.1, 0.15) is 16.7 Å². The van der Waals surface area contributed by atoms with E-state index in [0.29, 0.717) is 13.2 Å². The monoisotopic (exact) mass is 322 g/mol. The summed E-state index contributed by atoms with van der Waals surface area (Å²) in [6, 6.07) is 17.6. The van der Waals surface area contributed by atoms with Gasteiger partial charge in [0.15, 0.2) is 5.56 Å². The van der Waals surface area contributed by atoms with Crippen molar-refractivity contribution in [1.29, 1.82) is 5.26 Å². The van der Waals surface area contributed by atoms with Gasteiger partial charge in [0.2, 0.25) is 0 Å². The normalized spacial score (nSPS) is 10.3. The number of nitrogen functional groups attached to an aromatic ring is 1. The standard InChI is InChI=1S/C18H15FN4O/c19-15-8-6-13(7-9-15)11-23-17(21)16(10-20)18(22-23)24-12-14-4-2-1-3-5-14/h1-9H,11-12,21H2. The summed E-state index contributed by atoms with van der Waals surface area (Å²) in [5.74, 6) is 0.114. The molecule has 6 heteroatoms. The van der Waals surface area contributed by atoms with Gasteiger partial charge in [-0.15, -0.1) is 5.10 Å². The van der Waals surface area contributed by atoms with E-state index in [9.17, 15) is 9.65 Å². The summed E-state index contributed by atoms with van der Waals surface area (Å²) in [4.78, 5) is 0.